The Kier molecular flexibility index (Phi) is 6.42. The van der Waals surface area contributed by atoms with Crippen LogP contribution in [0, 0.1) is 5.82 Å². The maximum Gasteiger partial charge on any atom is 0.338 e. The molecule has 29 heavy (non-hydrogen) atoms. The van der Waals surface area contributed by atoms with Crippen molar-refractivity contribution in [3.63, 3.8) is 0 Å². The minimum absolute atomic E-state index is 0.110. The predicted molar refractivity (Wildman–Crippen MR) is 113 cm³/mol. The van der Waals surface area contributed by atoms with Crippen LogP contribution in [0.25, 0.3) is 11.1 Å². The summed E-state index contributed by atoms with van der Waals surface area (Å²) in [6, 6.07) is 17.3. The van der Waals surface area contributed by atoms with Gasteiger partial charge in [0.1, 0.15) is 12.4 Å². The van der Waals surface area contributed by atoms with Crippen LogP contribution in [-0.4, -0.2) is 11.0 Å². The van der Waals surface area contributed by atoms with Gasteiger partial charge in [0.15, 0.2) is 0 Å². The Balaban J connectivity index is 2.05. The number of ether oxygens (including phenoxy) is 1. The summed E-state index contributed by atoms with van der Waals surface area (Å²) in [6.45, 7) is 8.44. The van der Waals surface area contributed by atoms with Crippen molar-refractivity contribution in [2.45, 2.75) is 46.1 Å². The Labute approximate surface area is 171 Å². The van der Waals surface area contributed by atoms with Gasteiger partial charge in [-0.25, -0.2) is 9.18 Å². The van der Waals surface area contributed by atoms with Crippen LogP contribution in [0.2, 0.25) is 0 Å². The Morgan fingerprint density at radius 2 is 1.62 bits per heavy atom. The first-order valence-corrected chi connectivity index (χ1v) is 9.88. The number of rotatable bonds is 6. The normalized spacial score (nSPS) is 11.1. The fourth-order valence-corrected chi connectivity index (χ4v) is 3.22. The molecule has 3 rings (SSSR count). The fraction of sp³-hybridized carbons (Fsp3) is 0.280. The van der Waals surface area contributed by atoms with Crippen LogP contribution in [0.4, 0.5) is 4.39 Å². The van der Waals surface area contributed by atoms with E-state index < -0.39 is 0 Å². The van der Waals surface area contributed by atoms with E-state index >= 15 is 0 Å². The minimum Gasteiger partial charge on any atom is -0.457 e. The van der Waals surface area contributed by atoms with Gasteiger partial charge < -0.3 is 4.74 Å². The molecule has 0 unspecified atom stereocenters. The van der Waals surface area contributed by atoms with Crippen molar-refractivity contribution < 1.29 is 13.9 Å². The molecule has 0 aliphatic heterocycles. The number of carbonyl (C=O) groups excluding carboxylic acids is 1. The number of halogens is 1. The lowest BCUT2D eigenvalue weighted by atomic mass is 9.92. The minimum atomic E-state index is -0.377. The van der Waals surface area contributed by atoms with Crippen molar-refractivity contribution in [1.82, 2.24) is 4.98 Å². The van der Waals surface area contributed by atoms with Gasteiger partial charge in [0, 0.05) is 11.3 Å². The van der Waals surface area contributed by atoms with Crippen LogP contribution >= 0.6 is 0 Å². The quantitative estimate of drug-likeness (QED) is 0.451. The molecule has 0 N–H and O–H groups in total. The highest BCUT2D eigenvalue weighted by Gasteiger charge is 2.19. The van der Waals surface area contributed by atoms with Crippen LogP contribution < -0.4 is 0 Å². The smallest absolute Gasteiger partial charge is 0.338 e. The molecular weight excluding hydrogens is 365 g/mol. The average molecular weight is 391 g/mol. The summed E-state index contributed by atoms with van der Waals surface area (Å²) < 4.78 is 19.1. The Morgan fingerprint density at radius 3 is 2.21 bits per heavy atom. The highest BCUT2D eigenvalue weighted by molar-refractivity contribution is 5.89. The maximum atomic E-state index is 13.5. The van der Waals surface area contributed by atoms with Gasteiger partial charge in [-0.05, 0) is 53.3 Å². The summed E-state index contributed by atoms with van der Waals surface area (Å²) in [5, 5.41) is 0. The molecule has 0 spiro atoms. The van der Waals surface area contributed by atoms with E-state index in [1.807, 2.05) is 12.1 Å². The topological polar surface area (TPSA) is 39.2 Å². The molecule has 150 valence electrons. The summed E-state index contributed by atoms with van der Waals surface area (Å²) in [5.74, 6) is -0.266. The van der Waals surface area contributed by atoms with E-state index in [1.54, 1.807) is 36.4 Å². The predicted octanol–water partition coefficient (Wildman–Crippen LogP) is 6.49. The number of pyridine rings is 1. The van der Waals surface area contributed by atoms with Crippen molar-refractivity contribution in [2.24, 2.45) is 0 Å². The molecule has 3 nitrogen and oxygen atoms in total. The van der Waals surface area contributed by atoms with Gasteiger partial charge in [0.05, 0.1) is 11.3 Å². The zero-order valence-corrected chi connectivity index (χ0v) is 17.3. The SMILES string of the molecule is CC(C)c1cc(-c2ccc(F)cc2)c(COC(=O)c2ccccc2)c(C(C)C)n1. The molecule has 4 heteroatoms. The molecule has 0 aliphatic rings. The summed E-state index contributed by atoms with van der Waals surface area (Å²) in [7, 11) is 0. The third-order valence-corrected chi connectivity index (χ3v) is 4.83. The van der Waals surface area contributed by atoms with Gasteiger partial charge in [-0.15, -0.1) is 0 Å². The first kappa shape index (κ1) is 20.7. The molecule has 1 heterocycles. The molecule has 2 aromatic carbocycles. The summed E-state index contributed by atoms with van der Waals surface area (Å²) >= 11 is 0. The molecule has 3 aromatic rings. The van der Waals surface area contributed by atoms with E-state index in [2.05, 4.69) is 27.7 Å². The molecule has 0 aliphatic carbocycles. The number of aromatic nitrogens is 1. The second-order valence-corrected chi connectivity index (χ2v) is 7.72. The summed E-state index contributed by atoms with van der Waals surface area (Å²) in [4.78, 5) is 17.3. The van der Waals surface area contributed by atoms with Gasteiger partial charge in [-0.2, -0.15) is 0 Å². The first-order valence-electron chi connectivity index (χ1n) is 9.88. The standard InChI is InChI=1S/C25H26FNO2/c1-16(2)23-14-21(18-10-12-20(26)13-11-18)22(24(27-23)17(3)4)15-29-25(28)19-8-6-5-7-9-19/h5-14,16-17H,15H2,1-4H3. The van der Waals surface area contributed by atoms with Crippen molar-refractivity contribution in [3.05, 3.63) is 89.0 Å². The lowest BCUT2D eigenvalue weighted by Gasteiger charge is -2.20. The number of benzene rings is 2. The van der Waals surface area contributed by atoms with Crippen LogP contribution in [0.5, 0.6) is 0 Å². The van der Waals surface area contributed by atoms with Crippen LogP contribution in [-0.2, 0) is 11.3 Å². The lowest BCUT2D eigenvalue weighted by molar-refractivity contribution is 0.0471. The molecule has 1 aromatic heterocycles. The largest absolute Gasteiger partial charge is 0.457 e. The third-order valence-electron chi connectivity index (χ3n) is 4.83. The summed E-state index contributed by atoms with van der Waals surface area (Å²) in [6.07, 6.45) is 0. The molecule has 0 fully saturated rings. The lowest BCUT2D eigenvalue weighted by Crippen LogP contribution is -2.11. The molecule has 0 saturated heterocycles. The van der Waals surface area contributed by atoms with E-state index in [9.17, 15) is 9.18 Å². The second-order valence-electron chi connectivity index (χ2n) is 7.72. The number of nitrogens with zero attached hydrogens (tertiary/aromatic N) is 1. The van der Waals surface area contributed by atoms with Gasteiger partial charge in [0.2, 0.25) is 0 Å². The van der Waals surface area contributed by atoms with E-state index in [4.69, 9.17) is 9.72 Å². The Hall–Kier alpha value is -3.01. The molecule has 0 amide bonds. The van der Waals surface area contributed by atoms with Crippen molar-refractivity contribution in [1.29, 1.82) is 0 Å². The molecule has 0 saturated carbocycles. The van der Waals surface area contributed by atoms with Crippen molar-refractivity contribution in [2.75, 3.05) is 0 Å². The molecule has 0 atom stereocenters. The third kappa shape index (κ3) is 4.89. The highest BCUT2D eigenvalue weighted by atomic mass is 19.1. The maximum absolute atomic E-state index is 13.5. The number of hydrogen-bond donors (Lipinski definition) is 0. The Bertz CT molecular complexity index is 980. The van der Waals surface area contributed by atoms with Gasteiger partial charge in [0.25, 0.3) is 0 Å². The number of carbonyl (C=O) groups is 1. The second kappa shape index (κ2) is 8.99. The van der Waals surface area contributed by atoms with E-state index in [1.165, 1.54) is 12.1 Å². The van der Waals surface area contributed by atoms with E-state index in [0.29, 0.717) is 5.56 Å². The highest BCUT2D eigenvalue weighted by Crippen LogP contribution is 2.33. The van der Waals surface area contributed by atoms with Crippen molar-refractivity contribution >= 4 is 5.97 Å². The molecule has 0 radical (unpaired) electrons. The molecular formula is C25H26FNO2. The van der Waals surface area contributed by atoms with Crippen molar-refractivity contribution in [3.8, 4) is 11.1 Å². The molecule has 0 bridgehead atoms. The number of hydrogen-bond acceptors (Lipinski definition) is 3. The average Bonchev–Trinajstić information content (AvgIpc) is 2.72. The first-order chi connectivity index (χ1) is 13.9. The monoisotopic (exact) mass is 391 g/mol. The zero-order valence-electron chi connectivity index (χ0n) is 17.3. The van der Waals surface area contributed by atoms with E-state index in [0.717, 1.165) is 28.1 Å². The van der Waals surface area contributed by atoms with E-state index in [-0.39, 0.29) is 30.2 Å². The fourth-order valence-electron chi connectivity index (χ4n) is 3.22. The van der Waals surface area contributed by atoms with Crippen LogP contribution in [0.1, 0.15) is 66.8 Å². The van der Waals surface area contributed by atoms with Gasteiger partial charge in [-0.1, -0.05) is 58.0 Å². The zero-order chi connectivity index (χ0) is 21.0. The Morgan fingerprint density at radius 1 is 0.966 bits per heavy atom. The van der Waals surface area contributed by atoms with Crippen LogP contribution in [0.15, 0.2) is 60.7 Å². The summed E-state index contributed by atoms with van der Waals surface area (Å²) in [5.41, 5.74) is 5.04. The van der Waals surface area contributed by atoms with Gasteiger partial charge >= 0.3 is 5.97 Å². The number of esters is 1. The van der Waals surface area contributed by atoms with Crippen LogP contribution in [0.3, 0.4) is 0 Å². The van der Waals surface area contributed by atoms with Gasteiger partial charge in [-0.3, -0.25) is 4.98 Å².